The molecule has 2 heterocycles. The van der Waals surface area contributed by atoms with Gasteiger partial charge in [0.1, 0.15) is 5.01 Å². The van der Waals surface area contributed by atoms with Gasteiger partial charge in [0, 0.05) is 36.4 Å². The minimum Gasteiger partial charge on any atom is -0.345 e. The fraction of sp³-hybridized carbons (Fsp3) is 0.438. The average Bonchev–Trinajstić information content (AvgIpc) is 2.86. The number of aryl methyl sites for hydroxylation is 1. The van der Waals surface area contributed by atoms with Gasteiger partial charge in [-0.3, -0.25) is 9.78 Å². The first-order valence-corrected chi connectivity index (χ1v) is 8.04. The van der Waals surface area contributed by atoms with Gasteiger partial charge in [-0.25, -0.2) is 4.98 Å². The molecule has 5 heteroatoms. The van der Waals surface area contributed by atoms with Crippen LogP contribution in [-0.4, -0.2) is 34.4 Å². The minimum absolute atomic E-state index is 0.163. The number of carbonyl (C=O) groups is 1. The second kappa shape index (κ2) is 7.31. The number of thiazole rings is 1. The summed E-state index contributed by atoms with van der Waals surface area (Å²) in [5.74, 6) is 0.163. The number of likely N-dealkylation sites (N-methyl/N-ethyl adjacent to an activating group) is 1. The van der Waals surface area contributed by atoms with Crippen LogP contribution in [0.4, 0.5) is 0 Å². The standard InChI is InChI=1S/C16H21N3OS/c1-4-5-10-19(3)15(20)11-14-12(2)18-16(21-14)13-6-8-17-9-7-13/h6-9H,4-5,10-11H2,1-3H3. The van der Waals surface area contributed by atoms with Crippen LogP contribution in [0.25, 0.3) is 10.6 Å². The summed E-state index contributed by atoms with van der Waals surface area (Å²) in [4.78, 5) is 23.7. The van der Waals surface area contributed by atoms with Crippen molar-refractivity contribution in [3.05, 3.63) is 35.1 Å². The summed E-state index contributed by atoms with van der Waals surface area (Å²) in [6.45, 7) is 4.92. The maximum atomic E-state index is 12.2. The molecule has 0 saturated heterocycles. The van der Waals surface area contributed by atoms with Crippen LogP contribution >= 0.6 is 11.3 Å². The molecule has 0 spiro atoms. The number of nitrogens with zero attached hydrogens (tertiary/aromatic N) is 3. The van der Waals surface area contributed by atoms with Crippen molar-refractivity contribution in [2.45, 2.75) is 33.1 Å². The molecule has 0 radical (unpaired) electrons. The molecule has 0 aliphatic rings. The van der Waals surface area contributed by atoms with E-state index in [9.17, 15) is 4.79 Å². The van der Waals surface area contributed by atoms with Gasteiger partial charge < -0.3 is 4.90 Å². The molecule has 0 aromatic carbocycles. The van der Waals surface area contributed by atoms with Crippen molar-refractivity contribution in [2.24, 2.45) is 0 Å². The van der Waals surface area contributed by atoms with Gasteiger partial charge in [-0.05, 0) is 25.5 Å². The summed E-state index contributed by atoms with van der Waals surface area (Å²) in [6, 6.07) is 3.88. The zero-order chi connectivity index (χ0) is 15.2. The summed E-state index contributed by atoms with van der Waals surface area (Å²) in [6.07, 6.45) is 6.11. The predicted molar refractivity (Wildman–Crippen MR) is 86.3 cm³/mol. The second-order valence-corrected chi connectivity index (χ2v) is 6.19. The molecule has 112 valence electrons. The van der Waals surface area contributed by atoms with Crippen LogP contribution in [0, 0.1) is 6.92 Å². The molecule has 1 amide bonds. The summed E-state index contributed by atoms with van der Waals surface area (Å²) in [5.41, 5.74) is 2.00. The molecule has 0 aliphatic heterocycles. The third-order valence-corrected chi connectivity index (χ3v) is 4.61. The lowest BCUT2D eigenvalue weighted by Gasteiger charge is -2.16. The third-order valence-electron chi connectivity index (χ3n) is 3.40. The highest BCUT2D eigenvalue weighted by Gasteiger charge is 2.15. The number of rotatable bonds is 6. The van der Waals surface area contributed by atoms with Crippen molar-refractivity contribution >= 4 is 17.2 Å². The molecule has 2 aromatic rings. The van der Waals surface area contributed by atoms with E-state index in [1.165, 1.54) is 0 Å². The molecule has 0 N–H and O–H groups in total. The number of hydrogen-bond acceptors (Lipinski definition) is 4. The van der Waals surface area contributed by atoms with Crippen LogP contribution in [0.2, 0.25) is 0 Å². The molecular weight excluding hydrogens is 282 g/mol. The molecule has 0 fully saturated rings. The zero-order valence-electron chi connectivity index (χ0n) is 12.8. The van der Waals surface area contributed by atoms with E-state index in [4.69, 9.17) is 0 Å². The Morgan fingerprint density at radius 2 is 2.05 bits per heavy atom. The summed E-state index contributed by atoms with van der Waals surface area (Å²) in [7, 11) is 1.87. The van der Waals surface area contributed by atoms with Crippen LogP contribution < -0.4 is 0 Å². The number of pyridine rings is 1. The largest absolute Gasteiger partial charge is 0.345 e. The zero-order valence-corrected chi connectivity index (χ0v) is 13.6. The Morgan fingerprint density at radius 1 is 1.33 bits per heavy atom. The first kappa shape index (κ1) is 15.6. The van der Waals surface area contributed by atoms with E-state index in [0.29, 0.717) is 6.42 Å². The van der Waals surface area contributed by atoms with Crippen LogP contribution in [0.3, 0.4) is 0 Å². The number of aromatic nitrogens is 2. The third kappa shape index (κ3) is 4.11. The molecular formula is C16H21N3OS. The van der Waals surface area contributed by atoms with Crippen LogP contribution in [0.1, 0.15) is 30.3 Å². The van der Waals surface area contributed by atoms with E-state index in [1.54, 1.807) is 23.7 Å². The lowest BCUT2D eigenvalue weighted by atomic mass is 10.2. The molecule has 0 saturated carbocycles. The van der Waals surface area contributed by atoms with Crippen molar-refractivity contribution < 1.29 is 4.79 Å². The number of unbranched alkanes of at least 4 members (excludes halogenated alkanes) is 1. The van der Waals surface area contributed by atoms with E-state index in [-0.39, 0.29) is 5.91 Å². The Balaban J connectivity index is 2.08. The van der Waals surface area contributed by atoms with E-state index < -0.39 is 0 Å². The maximum Gasteiger partial charge on any atom is 0.227 e. The van der Waals surface area contributed by atoms with Crippen LogP contribution in [-0.2, 0) is 11.2 Å². The topological polar surface area (TPSA) is 46.1 Å². The quantitative estimate of drug-likeness (QED) is 0.822. The van der Waals surface area contributed by atoms with Crippen LogP contribution in [0.15, 0.2) is 24.5 Å². The summed E-state index contributed by atoms with van der Waals surface area (Å²) < 4.78 is 0. The average molecular weight is 303 g/mol. The minimum atomic E-state index is 0.163. The predicted octanol–water partition coefficient (Wildman–Crippen LogP) is 3.31. The Bertz CT molecular complexity index is 595. The van der Waals surface area contributed by atoms with Gasteiger partial charge in [0.2, 0.25) is 5.91 Å². The highest BCUT2D eigenvalue weighted by atomic mass is 32.1. The molecule has 0 bridgehead atoms. The normalized spacial score (nSPS) is 10.6. The SMILES string of the molecule is CCCCN(C)C(=O)Cc1sc(-c2ccncc2)nc1C. The van der Waals surface area contributed by atoms with E-state index in [0.717, 1.165) is 40.5 Å². The Labute approximate surface area is 129 Å². The van der Waals surface area contributed by atoms with Crippen molar-refractivity contribution in [1.29, 1.82) is 0 Å². The summed E-state index contributed by atoms with van der Waals surface area (Å²) >= 11 is 1.60. The lowest BCUT2D eigenvalue weighted by Crippen LogP contribution is -2.29. The summed E-state index contributed by atoms with van der Waals surface area (Å²) in [5, 5.41) is 0.953. The van der Waals surface area contributed by atoms with Crippen LogP contribution in [0.5, 0.6) is 0 Å². The number of carbonyl (C=O) groups excluding carboxylic acids is 1. The fourth-order valence-electron chi connectivity index (χ4n) is 2.00. The number of amides is 1. The van der Waals surface area contributed by atoms with Gasteiger partial charge >= 0.3 is 0 Å². The fourth-order valence-corrected chi connectivity index (χ4v) is 3.06. The van der Waals surface area contributed by atoms with Gasteiger partial charge in [0.25, 0.3) is 0 Å². The van der Waals surface area contributed by atoms with Gasteiger partial charge in [-0.1, -0.05) is 13.3 Å². The van der Waals surface area contributed by atoms with E-state index >= 15 is 0 Å². The van der Waals surface area contributed by atoms with Gasteiger partial charge in [0.05, 0.1) is 12.1 Å². The molecule has 0 aliphatic carbocycles. The first-order chi connectivity index (χ1) is 10.1. The molecule has 21 heavy (non-hydrogen) atoms. The smallest absolute Gasteiger partial charge is 0.227 e. The Hall–Kier alpha value is -1.75. The Morgan fingerprint density at radius 3 is 2.71 bits per heavy atom. The second-order valence-electron chi connectivity index (χ2n) is 5.11. The molecule has 2 rings (SSSR count). The molecule has 0 unspecified atom stereocenters. The van der Waals surface area contributed by atoms with Crippen molar-refractivity contribution in [2.75, 3.05) is 13.6 Å². The molecule has 2 aromatic heterocycles. The monoisotopic (exact) mass is 303 g/mol. The first-order valence-electron chi connectivity index (χ1n) is 7.22. The molecule has 4 nitrogen and oxygen atoms in total. The lowest BCUT2D eigenvalue weighted by molar-refractivity contribution is -0.129. The maximum absolute atomic E-state index is 12.2. The number of hydrogen-bond donors (Lipinski definition) is 0. The molecule has 0 atom stereocenters. The van der Waals surface area contributed by atoms with Crippen molar-refractivity contribution in [3.63, 3.8) is 0 Å². The Kier molecular flexibility index (Phi) is 5.44. The van der Waals surface area contributed by atoms with Gasteiger partial charge in [-0.2, -0.15) is 0 Å². The van der Waals surface area contributed by atoms with E-state index in [2.05, 4.69) is 16.9 Å². The highest BCUT2D eigenvalue weighted by molar-refractivity contribution is 7.15. The van der Waals surface area contributed by atoms with Gasteiger partial charge in [-0.15, -0.1) is 11.3 Å². The van der Waals surface area contributed by atoms with E-state index in [1.807, 2.05) is 31.0 Å². The van der Waals surface area contributed by atoms with Crippen molar-refractivity contribution in [1.82, 2.24) is 14.9 Å². The highest BCUT2D eigenvalue weighted by Crippen LogP contribution is 2.28. The van der Waals surface area contributed by atoms with Crippen molar-refractivity contribution in [3.8, 4) is 10.6 Å². The van der Waals surface area contributed by atoms with Gasteiger partial charge in [0.15, 0.2) is 0 Å².